The second-order valence-corrected chi connectivity index (χ2v) is 7.56. The molecule has 0 atom stereocenters. The number of nitrogens with one attached hydrogen (secondary N) is 2. The first-order valence-corrected chi connectivity index (χ1v) is 9.24. The Kier molecular flexibility index (Phi) is 5.20. The standard InChI is InChI=1S/C19H22N4O2S/c1-11-7-12(2)17(13(3)8-11)22-16(24)10-23(4)9-15-20-14-5-6-26-18(14)19(25)21-15/h5-8H,9-10H2,1-4H3,(H,22,24)(H,20,21,25). The Hall–Kier alpha value is -2.51. The molecule has 0 aliphatic carbocycles. The van der Waals surface area contributed by atoms with Gasteiger partial charge < -0.3 is 10.3 Å². The minimum absolute atomic E-state index is 0.0958. The Morgan fingerprint density at radius 1 is 1.27 bits per heavy atom. The van der Waals surface area contributed by atoms with E-state index in [4.69, 9.17) is 0 Å². The van der Waals surface area contributed by atoms with Gasteiger partial charge in [-0.1, -0.05) is 17.7 Å². The summed E-state index contributed by atoms with van der Waals surface area (Å²) >= 11 is 1.37. The number of aromatic amines is 1. The van der Waals surface area contributed by atoms with E-state index in [1.165, 1.54) is 16.9 Å². The van der Waals surface area contributed by atoms with Crippen LogP contribution in [0.1, 0.15) is 22.5 Å². The van der Waals surface area contributed by atoms with Crippen molar-refractivity contribution < 1.29 is 4.79 Å². The summed E-state index contributed by atoms with van der Waals surface area (Å²) in [5, 5.41) is 4.84. The van der Waals surface area contributed by atoms with E-state index in [0.29, 0.717) is 22.6 Å². The molecule has 0 saturated heterocycles. The number of aromatic nitrogens is 2. The molecule has 3 aromatic rings. The van der Waals surface area contributed by atoms with Gasteiger partial charge in [-0.25, -0.2) is 4.98 Å². The van der Waals surface area contributed by atoms with Crippen molar-refractivity contribution in [1.82, 2.24) is 14.9 Å². The maximum atomic E-state index is 12.4. The number of nitrogens with zero attached hydrogens (tertiary/aromatic N) is 2. The molecule has 1 amide bonds. The SMILES string of the molecule is Cc1cc(C)c(NC(=O)CN(C)Cc2nc3ccsc3c(=O)[nH]2)c(C)c1. The van der Waals surface area contributed by atoms with Crippen molar-refractivity contribution in [2.75, 3.05) is 18.9 Å². The number of amides is 1. The third-order valence-electron chi connectivity index (χ3n) is 4.14. The molecule has 2 aromatic heterocycles. The quantitative estimate of drug-likeness (QED) is 0.724. The number of aryl methyl sites for hydroxylation is 3. The number of H-pyrrole nitrogens is 1. The molecule has 7 heteroatoms. The van der Waals surface area contributed by atoms with E-state index >= 15 is 0 Å². The minimum Gasteiger partial charge on any atom is -0.324 e. The fraction of sp³-hybridized carbons (Fsp3) is 0.316. The Morgan fingerprint density at radius 2 is 1.96 bits per heavy atom. The second-order valence-electron chi connectivity index (χ2n) is 6.64. The predicted molar refractivity (Wildman–Crippen MR) is 106 cm³/mol. The molecule has 0 radical (unpaired) electrons. The van der Waals surface area contributed by atoms with Crippen LogP contribution in [0.3, 0.4) is 0 Å². The number of hydrogen-bond donors (Lipinski definition) is 2. The van der Waals surface area contributed by atoms with Gasteiger partial charge in [-0.15, -0.1) is 11.3 Å². The summed E-state index contributed by atoms with van der Waals surface area (Å²) in [7, 11) is 1.83. The number of fused-ring (bicyclic) bond motifs is 1. The van der Waals surface area contributed by atoms with Crippen molar-refractivity contribution in [3.05, 3.63) is 56.4 Å². The van der Waals surface area contributed by atoms with Gasteiger partial charge in [0.1, 0.15) is 10.5 Å². The molecule has 2 heterocycles. The zero-order valence-corrected chi connectivity index (χ0v) is 16.2. The van der Waals surface area contributed by atoms with E-state index in [2.05, 4.69) is 27.4 Å². The Bertz CT molecular complexity index is 999. The molecular weight excluding hydrogens is 348 g/mol. The van der Waals surface area contributed by atoms with Crippen LogP contribution in [0.15, 0.2) is 28.4 Å². The number of carbonyl (C=O) groups excluding carboxylic acids is 1. The van der Waals surface area contributed by atoms with Crippen LogP contribution in [-0.2, 0) is 11.3 Å². The molecule has 0 aliphatic heterocycles. The average Bonchev–Trinajstić information content (AvgIpc) is 2.99. The zero-order valence-electron chi connectivity index (χ0n) is 15.3. The fourth-order valence-electron chi connectivity index (χ4n) is 3.11. The summed E-state index contributed by atoms with van der Waals surface area (Å²) in [6, 6.07) is 5.93. The van der Waals surface area contributed by atoms with Crippen LogP contribution < -0.4 is 10.9 Å². The first kappa shape index (κ1) is 18.3. The van der Waals surface area contributed by atoms with Crippen molar-refractivity contribution in [3.8, 4) is 0 Å². The topological polar surface area (TPSA) is 78.1 Å². The highest BCUT2D eigenvalue weighted by atomic mass is 32.1. The highest BCUT2D eigenvalue weighted by Crippen LogP contribution is 2.21. The van der Waals surface area contributed by atoms with E-state index < -0.39 is 0 Å². The number of carbonyl (C=O) groups is 1. The summed E-state index contributed by atoms with van der Waals surface area (Å²) in [4.78, 5) is 33.5. The number of rotatable bonds is 5. The van der Waals surface area contributed by atoms with Crippen LogP contribution in [0, 0.1) is 20.8 Å². The van der Waals surface area contributed by atoms with Gasteiger partial charge >= 0.3 is 0 Å². The lowest BCUT2D eigenvalue weighted by Gasteiger charge is -2.17. The third kappa shape index (κ3) is 4.00. The van der Waals surface area contributed by atoms with Crippen LogP contribution in [0.2, 0.25) is 0 Å². The number of likely N-dealkylation sites (N-methyl/N-ethyl adjacent to an activating group) is 1. The van der Waals surface area contributed by atoms with Crippen molar-refractivity contribution in [2.45, 2.75) is 27.3 Å². The summed E-state index contributed by atoms with van der Waals surface area (Å²) in [6.45, 7) is 6.62. The molecule has 136 valence electrons. The van der Waals surface area contributed by atoms with Crippen molar-refractivity contribution in [2.24, 2.45) is 0 Å². The predicted octanol–water partition coefficient (Wildman–Crippen LogP) is 2.98. The Labute approximate surface area is 155 Å². The average molecular weight is 370 g/mol. The molecule has 0 saturated carbocycles. The van der Waals surface area contributed by atoms with Crippen LogP contribution in [0.25, 0.3) is 10.2 Å². The summed E-state index contributed by atoms with van der Waals surface area (Å²) in [5.74, 6) is 0.459. The van der Waals surface area contributed by atoms with Crippen molar-refractivity contribution >= 4 is 33.1 Å². The summed E-state index contributed by atoms with van der Waals surface area (Å²) in [5.41, 5.74) is 4.69. The van der Waals surface area contributed by atoms with Gasteiger partial charge in [-0.05, 0) is 50.4 Å². The van der Waals surface area contributed by atoms with E-state index in [1.54, 1.807) is 0 Å². The summed E-state index contributed by atoms with van der Waals surface area (Å²) in [6.07, 6.45) is 0. The van der Waals surface area contributed by atoms with Crippen LogP contribution in [0.4, 0.5) is 5.69 Å². The number of anilines is 1. The van der Waals surface area contributed by atoms with Gasteiger partial charge in [0.25, 0.3) is 5.56 Å². The normalized spacial score (nSPS) is 11.3. The molecule has 0 aliphatic rings. The lowest BCUT2D eigenvalue weighted by molar-refractivity contribution is -0.117. The molecule has 0 unspecified atom stereocenters. The largest absolute Gasteiger partial charge is 0.324 e. The number of thiophene rings is 1. The molecule has 0 spiro atoms. The maximum absolute atomic E-state index is 12.4. The molecule has 0 fully saturated rings. The van der Waals surface area contributed by atoms with Gasteiger partial charge in [0.2, 0.25) is 5.91 Å². The smallest absolute Gasteiger partial charge is 0.268 e. The molecular formula is C19H22N4O2S. The fourth-order valence-corrected chi connectivity index (χ4v) is 3.83. The van der Waals surface area contributed by atoms with Crippen molar-refractivity contribution in [3.63, 3.8) is 0 Å². The van der Waals surface area contributed by atoms with E-state index in [-0.39, 0.29) is 18.0 Å². The zero-order chi connectivity index (χ0) is 18.8. The third-order valence-corrected chi connectivity index (χ3v) is 5.04. The Morgan fingerprint density at radius 3 is 2.65 bits per heavy atom. The van der Waals surface area contributed by atoms with Crippen LogP contribution in [0.5, 0.6) is 0 Å². The summed E-state index contributed by atoms with van der Waals surface area (Å²) < 4.78 is 0.625. The monoisotopic (exact) mass is 370 g/mol. The number of benzene rings is 1. The van der Waals surface area contributed by atoms with Gasteiger partial charge in [0.15, 0.2) is 0 Å². The first-order chi connectivity index (χ1) is 12.3. The minimum atomic E-state index is -0.135. The molecule has 2 N–H and O–H groups in total. The van der Waals surface area contributed by atoms with Gasteiger partial charge in [-0.2, -0.15) is 0 Å². The van der Waals surface area contributed by atoms with Gasteiger partial charge in [-0.3, -0.25) is 14.5 Å². The lowest BCUT2D eigenvalue weighted by atomic mass is 10.1. The molecule has 26 heavy (non-hydrogen) atoms. The van der Waals surface area contributed by atoms with Gasteiger partial charge in [0, 0.05) is 5.69 Å². The second kappa shape index (κ2) is 7.39. The van der Waals surface area contributed by atoms with Crippen LogP contribution in [-0.4, -0.2) is 34.4 Å². The molecule has 3 rings (SSSR count). The first-order valence-electron chi connectivity index (χ1n) is 8.36. The van der Waals surface area contributed by atoms with Crippen molar-refractivity contribution in [1.29, 1.82) is 0 Å². The maximum Gasteiger partial charge on any atom is 0.268 e. The molecule has 6 nitrogen and oxygen atoms in total. The highest BCUT2D eigenvalue weighted by molar-refractivity contribution is 7.17. The van der Waals surface area contributed by atoms with Gasteiger partial charge in [0.05, 0.1) is 18.6 Å². The lowest BCUT2D eigenvalue weighted by Crippen LogP contribution is -2.31. The molecule has 1 aromatic carbocycles. The van der Waals surface area contributed by atoms with E-state index in [0.717, 1.165) is 16.8 Å². The Balaban J connectivity index is 1.66. The van der Waals surface area contributed by atoms with E-state index in [9.17, 15) is 9.59 Å². The molecule has 0 bridgehead atoms. The van der Waals surface area contributed by atoms with Crippen LogP contribution >= 0.6 is 11.3 Å². The van der Waals surface area contributed by atoms with E-state index in [1.807, 2.05) is 44.2 Å². The highest BCUT2D eigenvalue weighted by Gasteiger charge is 2.13. The number of hydrogen-bond acceptors (Lipinski definition) is 5.